The second-order valence-electron chi connectivity index (χ2n) is 7.25. The number of carbonyl (C=O) groups is 2. The molecule has 7 nitrogen and oxygen atoms in total. The lowest BCUT2D eigenvalue weighted by Crippen LogP contribution is -2.42. The fourth-order valence-corrected chi connectivity index (χ4v) is 4.40. The van der Waals surface area contributed by atoms with Crippen LogP contribution in [0.25, 0.3) is 0 Å². The summed E-state index contributed by atoms with van der Waals surface area (Å²) in [6.07, 6.45) is 4.80. The topological polar surface area (TPSA) is 79.9 Å². The van der Waals surface area contributed by atoms with Gasteiger partial charge in [0.2, 0.25) is 0 Å². The molecule has 3 rings (SSSR count). The highest BCUT2D eigenvalue weighted by Crippen LogP contribution is 2.29. The van der Waals surface area contributed by atoms with Crippen molar-refractivity contribution >= 4 is 28.8 Å². The second kappa shape index (κ2) is 11.0. The van der Waals surface area contributed by atoms with E-state index in [4.69, 9.17) is 9.47 Å². The standard InChI is InChI=1S/C22H29N3O4S/c1-28-17-7-8-20(29-2)18(13-17)24-22(27)21(26)23-14-19(16-9-12-30-15-16)25-10-5-3-4-6-11-25/h7-9,12-13,15,19H,3-6,10-11,14H2,1-2H3,(H,23,26)(H,24,27)/t19-/m0/s1. The zero-order valence-electron chi connectivity index (χ0n) is 17.5. The summed E-state index contributed by atoms with van der Waals surface area (Å²) < 4.78 is 10.4. The van der Waals surface area contributed by atoms with E-state index in [0.717, 1.165) is 25.9 Å². The molecule has 8 heteroatoms. The van der Waals surface area contributed by atoms with Crippen LogP contribution in [0.15, 0.2) is 35.0 Å². The van der Waals surface area contributed by atoms with Crippen LogP contribution in [0.4, 0.5) is 5.69 Å². The van der Waals surface area contributed by atoms with Crippen LogP contribution in [0.2, 0.25) is 0 Å². The van der Waals surface area contributed by atoms with Gasteiger partial charge < -0.3 is 20.1 Å². The van der Waals surface area contributed by atoms with Crippen LogP contribution in [0, 0.1) is 0 Å². The molecule has 0 unspecified atom stereocenters. The molecule has 1 aliphatic heterocycles. The number of thiophene rings is 1. The van der Waals surface area contributed by atoms with Crippen LogP contribution in [-0.4, -0.2) is 50.6 Å². The molecule has 1 aliphatic rings. The predicted molar refractivity (Wildman–Crippen MR) is 118 cm³/mol. The molecule has 0 bridgehead atoms. The smallest absolute Gasteiger partial charge is 0.313 e. The summed E-state index contributed by atoms with van der Waals surface area (Å²) in [6.45, 7) is 2.39. The first-order valence-electron chi connectivity index (χ1n) is 10.2. The Balaban J connectivity index is 1.64. The third-order valence-electron chi connectivity index (χ3n) is 5.33. The number of amides is 2. The van der Waals surface area contributed by atoms with Crippen LogP contribution < -0.4 is 20.1 Å². The number of methoxy groups -OCH3 is 2. The van der Waals surface area contributed by atoms with E-state index in [0.29, 0.717) is 23.7 Å². The minimum absolute atomic E-state index is 0.0671. The highest BCUT2D eigenvalue weighted by atomic mass is 32.1. The average Bonchev–Trinajstić information content (AvgIpc) is 3.16. The average molecular weight is 432 g/mol. The molecule has 0 aliphatic carbocycles. The van der Waals surface area contributed by atoms with Gasteiger partial charge in [0.1, 0.15) is 11.5 Å². The Bertz CT molecular complexity index is 833. The number of carbonyl (C=O) groups excluding carboxylic acids is 2. The first-order chi connectivity index (χ1) is 14.6. The number of rotatable bonds is 7. The van der Waals surface area contributed by atoms with Crippen LogP contribution in [0.1, 0.15) is 37.3 Å². The maximum absolute atomic E-state index is 12.5. The number of anilines is 1. The molecule has 0 radical (unpaired) electrons. The zero-order chi connectivity index (χ0) is 21.3. The van der Waals surface area contributed by atoms with Gasteiger partial charge in [0, 0.05) is 12.6 Å². The van der Waals surface area contributed by atoms with Crippen molar-refractivity contribution in [1.29, 1.82) is 0 Å². The van der Waals surface area contributed by atoms with E-state index < -0.39 is 11.8 Å². The molecule has 1 saturated heterocycles. The van der Waals surface area contributed by atoms with Gasteiger partial charge in [0.05, 0.1) is 25.9 Å². The van der Waals surface area contributed by atoms with E-state index in [-0.39, 0.29) is 6.04 Å². The Kier molecular flexibility index (Phi) is 8.10. The molecule has 1 aromatic heterocycles. The fraction of sp³-hybridized carbons (Fsp3) is 0.455. The first-order valence-corrected chi connectivity index (χ1v) is 11.1. The first kappa shape index (κ1) is 22.1. The van der Waals surface area contributed by atoms with Gasteiger partial charge in [-0.25, -0.2) is 0 Å². The van der Waals surface area contributed by atoms with E-state index >= 15 is 0 Å². The van der Waals surface area contributed by atoms with Crippen molar-refractivity contribution in [3.05, 3.63) is 40.6 Å². The van der Waals surface area contributed by atoms with E-state index in [2.05, 4.69) is 27.0 Å². The van der Waals surface area contributed by atoms with Gasteiger partial charge >= 0.3 is 11.8 Å². The number of hydrogen-bond acceptors (Lipinski definition) is 6. The summed E-state index contributed by atoms with van der Waals surface area (Å²) in [5.74, 6) is -0.390. The minimum atomic E-state index is -0.735. The summed E-state index contributed by atoms with van der Waals surface area (Å²) in [5, 5.41) is 9.59. The van der Waals surface area contributed by atoms with E-state index in [1.165, 1.54) is 32.6 Å². The Labute approximate surface area is 181 Å². The van der Waals surface area contributed by atoms with Crippen LogP contribution in [0.3, 0.4) is 0 Å². The van der Waals surface area contributed by atoms with E-state index in [9.17, 15) is 9.59 Å². The molecule has 162 valence electrons. The molecule has 30 heavy (non-hydrogen) atoms. The van der Waals surface area contributed by atoms with Crippen LogP contribution in [-0.2, 0) is 9.59 Å². The van der Waals surface area contributed by atoms with Crippen molar-refractivity contribution in [2.24, 2.45) is 0 Å². The van der Waals surface area contributed by atoms with Crippen molar-refractivity contribution in [1.82, 2.24) is 10.2 Å². The Morgan fingerprint density at radius 2 is 1.83 bits per heavy atom. The van der Waals surface area contributed by atoms with E-state index in [1.807, 2.05) is 5.38 Å². The summed E-state index contributed by atoms with van der Waals surface area (Å²) in [7, 11) is 3.04. The molecule has 2 heterocycles. The molecule has 0 spiro atoms. The molecule has 0 saturated carbocycles. The van der Waals surface area contributed by atoms with Crippen LogP contribution >= 0.6 is 11.3 Å². The highest BCUT2D eigenvalue weighted by molar-refractivity contribution is 7.08. The number of hydrogen-bond donors (Lipinski definition) is 2. The SMILES string of the molecule is COc1ccc(OC)c(NC(=O)C(=O)NC[C@@H](c2ccsc2)N2CCCCCC2)c1. The monoisotopic (exact) mass is 431 g/mol. The number of likely N-dealkylation sites (tertiary alicyclic amines) is 1. The maximum Gasteiger partial charge on any atom is 0.313 e. The van der Waals surface area contributed by atoms with Crippen molar-refractivity contribution in [2.45, 2.75) is 31.7 Å². The van der Waals surface area contributed by atoms with Gasteiger partial charge in [-0.15, -0.1) is 0 Å². The van der Waals surface area contributed by atoms with E-state index in [1.54, 1.807) is 29.5 Å². The Morgan fingerprint density at radius 3 is 2.47 bits per heavy atom. The molecule has 1 atom stereocenters. The number of nitrogens with zero attached hydrogens (tertiary/aromatic N) is 1. The van der Waals surface area contributed by atoms with Gasteiger partial charge in [0.15, 0.2) is 0 Å². The fourth-order valence-electron chi connectivity index (χ4n) is 3.69. The maximum atomic E-state index is 12.5. The molecule has 1 aromatic carbocycles. The lowest BCUT2D eigenvalue weighted by Gasteiger charge is -2.30. The van der Waals surface area contributed by atoms with Gasteiger partial charge in [-0.3, -0.25) is 14.5 Å². The van der Waals surface area contributed by atoms with Crippen molar-refractivity contribution in [3.8, 4) is 11.5 Å². The largest absolute Gasteiger partial charge is 0.497 e. The predicted octanol–water partition coefficient (Wildman–Crippen LogP) is 3.44. The third-order valence-corrected chi connectivity index (χ3v) is 6.03. The number of nitrogens with one attached hydrogen (secondary N) is 2. The number of benzene rings is 1. The lowest BCUT2D eigenvalue weighted by atomic mass is 10.1. The number of ether oxygens (including phenoxy) is 2. The van der Waals surface area contributed by atoms with Gasteiger partial charge in [-0.05, 0) is 60.5 Å². The van der Waals surface area contributed by atoms with Crippen molar-refractivity contribution in [2.75, 3.05) is 39.2 Å². The summed E-state index contributed by atoms with van der Waals surface area (Å²) in [6, 6.07) is 7.18. The van der Waals surface area contributed by atoms with Gasteiger partial charge in [-0.2, -0.15) is 11.3 Å². The van der Waals surface area contributed by atoms with Crippen molar-refractivity contribution in [3.63, 3.8) is 0 Å². The lowest BCUT2D eigenvalue weighted by molar-refractivity contribution is -0.136. The quantitative estimate of drug-likeness (QED) is 0.657. The van der Waals surface area contributed by atoms with Gasteiger partial charge in [-0.1, -0.05) is 12.8 Å². The molecule has 2 N–H and O–H groups in total. The Hall–Kier alpha value is -2.58. The van der Waals surface area contributed by atoms with Crippen LogP contribution in [0.5, 0.6) is 11.5 Å². The summed E-state index contributed by atoms with van der Waals surface area (Å²) in [4.78, 5) is 27.4. The molecule has 2 aromatic rings. The third kappa shape index (κ3) is 5.73. The minimum Gasteiger partial charge on any atom is -0.497 e. The normalized spacial score (nSPS) is 15.7. The second-order valence-corrected chi connectivity index (χ2v) is 8.03. The van der Waals surface area contributed by atoms with Gasteiger partial charge in [0.25, 0.3) is 0 Å². The summed E-state index contributed by atoms with van der Waals surface area (Å²) >= 11 is 1.64. The summed E-state index contributed by atoms with van der Waals surface area (Å²) in [5.41, 5.74) is 1.57. The highest BCUT2D eigenvalue weighted by Gasteiger charge is 2.24. The zero-order valence-corrected chi connectivity index (χ0v) is 18.3. The molecule has 1 fully saturated rings. The Morgan fingerprint density at radius 1 is 1.07 bits per heavy atom. The molecule has 2 amide bonds. The molecular weight excluding hydrogens is 402 g/mol. The van der Waals surface area contributed by atoms with Crippen molar-refractivity contribution < 1.29 is 19.1 Å². The molecular formula is C22H29N3O4S.